The lowest BCUT2D eigenvalue weighted by molar-refractivity contribution is -0.128. The molecule has 4 nitrogen and oxygen atoms in total. The zero-order valence-electron chi connectivity index (χ0n) is 18.1. The summed E-state index contributed by atoms with van der Waals surface area (Å²) in [7, 11) is 0. The van der Waals surface area contributed by atoms with Crippen molar-refractivity contribution in [1.29, 1.82) is 0 Å². The Morgan fingerprint density at radius 2 is 1.38 bits per heavy atom. The first-order valence-corrected chi connectivity index (χ1v) is 11.2. The Labute approximate surface area is 189 Å². The van der Waals surface area contributed by atoms with Gasteiger partial charge in [-0.3, -0.25) is 9.59 Å². The number of amides is 2. The van der Waals surface area contributed by atoms with Gasteiger partial charge < -0.3 is 10.2 Å². The quantitative estimate of drug-likeness (QED) is 0.570. The molecule has 3 aromatic rings. The van der Waals surface area contributed by atoms with E-state index in [9.17, 15) is 9.59 Å². The molecular weight excluding hydrogens is 396 g/mol. The monoisotopic (exact) mass is 424 g/mol. The SMILES string of the molecule is O=C(NC(=Cc1ccccc1)C(=O)N1CCC(Cc2ccccc2)CC1)c1ccccc1. The molecule has 0 bridgehead atoms. The summed E-state index contributed by atoms with van der Waals surface area (Å²) >= 11 is 0. The molecule has 1 aliphatic heterocycles. The molecule has 1 heterocycles. The van der Waals surface area contributed by atoms with Gasteiger partial charge in [-0.15, -0.1) is 0 Å². The van der Waals surface area contributed by atoms with E-state index in [-0.39, 0.29) is 11.8 Å². The summed E-state index contributed by atoms with van der Waals surface area (Å²) < 4.78 is 0. The van der Waals surface area contributed by atoms with Crippen molar-refractivity contribution in [2.45, 2.75) is 19.3 Å². The smallest absolute Gasteiger partial charge is 0.270 e. The third kappa shape index (κ3) is 5.73. The number of nitrogens with one attached hydrogen (secondary N) is 1. The fourth-order valence-corrected chi connectivity index (χ4v) is 4.11. The van der Waals surface area contributed by atoms with Gasteiger partial charge >= 0.3 is 0 Å². The van der Waals surface area contributed by atoms with Gasteiger partial charge in [0.25, 0.3) is 11.8 Å². The van der Waals surface area contributed by atoms with E-state index in [2.05, 4.69) is 29.6 Å². The molecule has 0 aromatic heterocycles. The van der Waals surface area contributed by atoms with Crippen LogP contribution in [0.5, 0.6) is 0 Å². The van der Waals surface area contributed by atoms with Gasteiger partial charge in [0.1, 0.15) is 5.70 Å². The average molecular weight is 425 g/mol. The molecule has 4 heteroatoms. The molecule has 0 atom stereocenters. The molecule has 2 amide bonds. The Kier molecular flexibility index (Phi) is 7.13. The summed E-state index contributed by atoms with van der Waals surface area (Å²) in [6.45, 7) is 1.40. The van der Waals surface area contributed by atoms with Gasteiger partial charge in [-0.05, 0) is 54.5 Å². The van der Waals surface area contributed by atoms with Crippen molar-refractivity contribution >= 4 is 17.9 Å². The van der Waals surface area contributed by atoms with E-state index in [1.807, 2.05) is 59.5 Å². The Hall–Kier alpha value is -3.66. The molecule has 162 valence electrons. The zero-order valence-corrected chi connectivity index (χ0v) is 18.1. The van der Waals surface area contributed by atoms with Crippen LogP contribution >= 0.6 is 0 Å². The largest absolute Gasteiger partial charge is 0.337 e. The van der Waals surface area contributed by atoms with Gasteiger partial charge in [-0.25, -0.2) is 0 Å². The molecule has 4 rings (SSSR count). The van der Waals surface area contributed by atoms with E-state index in [0.717, 1.165) is 24.8 Å². The number of hydrogen-bond donors (Lipinski definition) is 1. The molecule has 1 fully saturated rings. The summed E-state index contributed by atoms with van der Waals surface area (Å²) in [4.78, 5) is 28.0. The first-order valence-electron chi connectivity index (χ1n) is 11.2. The predicted molar refractivity (Wildman–Crippen MR) is 128 cm³/mol. The lowest BCUT2D eigenvalue weighted by Crippen LogP contribution is -2.43. The maximum absolute atomic E-state index is 13.4. The van der Waals surface area contributed by atoms with Gasteiger partial charge in [0.2, 0.25) is 0 Å². The number of nitrogens with zero attached hydrogens (tertiary/aromatic N) is 1. The maximum Gasteiger partial charge on any atom is 0.270 e. The van der Waals surface area contributed by atoms with Crippen LogP contribution < -0.4 is 5.32 Å². The number of likely N-dealkylation sites (tertiary alicyclic amines) is 1. The van der Waals surface area contributed by atoms with Crippen LogP contribution in [0.2, 0.25) is 0 Å². The highest BCUT2D eigenvalue weighted by molar-refractivity contribution is 6.05. The minimum Gasteiger partial charge on any atom is -0.337 e. The lowest BCUT2D eigenvalue weighted by Gasteiger charge is -2.32. The highest BCUT2D eigenvalue weighted by Crippen LogP contribution is 2.23. The van der Waals surface area contributed by atoms with Crippen LogP contribution in [0, 0.1) is 5.92 Å². The Balaban J connectivity index is 1.45. The molecule has 32 heavy (non-hydrogen) atoms. The summed E-state index contributed by atoms with van der Waals surface area (Å²) in [5.41, 5.74) is 3.06. The van der Waals surface area contributed by atoms with E-state index in [0.29, 0.717) is 30.3 Å². The molecule has 0 aliphatic carbocycles. The third-order valence-electron chi connectivity index (χ3n) is 5.89. The normalized spacial score (nSPS) is 14.8. The highest BCUT2D eigenvalue weighted by Gasteiger charge is 2.26. The van der Waals surface area contributed by atoms with Crippen molar-refractivity contribution in [2.24, 2.45) is 5.92 Å². The Morgan fingerprint density at radius 1 is 0.812 bits per heavy atom. The summed E-state index contributed by atoms with van der Waals surface area (Å²) in [6.07, 6.45) is 4.73. The van der Waals surface area contributed by atoms with E-state index >= 15 is 0 Å². The minimum atomic E-state index is -0.278. The Bertz CT molecular complexity index is 1050. The van der Waals surface area contributed by atoms with Crippen molar-refractivity contribution < 1.29 is 9.59 Å². The number of piperidine rings is 1. The lowest BCUT2D eigenvalue weighted by atomic mass is 9.90. The van der Waals surface area contributed by atoms with E-state index in [1.54, 1.807) is 18.2 Å². The van der Waals surface area contributed by atoms with Crippen LogP contribution in [-0.4, -0.2) is 29.8 Å². The molecule has 0 saturated carbocycles. The fraction of sp³-hybridized carbons (Fsp3) is 0.214. The molecule has 0 unspecified atom stereocenters. The van der Waals surface area contributed by atoms with Gasteiger partial charge in [0, 0.05) is 18.7 Å². The summed E-state index contributed by atoms with van der Waals surface area (Å²) in [5.74, 6) is 0.165. The first kappa shape index (κ1) is 21.6. The van der Waals surface area contributed by atoms with Crippen LogP contribution in [0.3, 0.4) is 0 Å². The number of carbonyl (C=O) groups is 2. The predicted octanol–water partition coefficient (Wildman–Crippen LogP) is 4.94. The third-order valence-corrected chi connectivity index (χ3v) is 5.89. The van der Waals surface area contributed by atoms with Crippen LogP contribution in [-0.2, 0) is 11.2 Å². The number of hydrogen-bond acceptors (Lipinski definition) is 2. The van der Waals surface area contributed by atoms with Gasteiger partial charge in [0.05, 0.1) is 0 Å². The number of carbonyl (C=O) groups excluding carboxylic acids is 2. The van der Waals surface area contributed by atoms with Crippen LogP contribution in [0.25, 0.3) is 6.08 Å². The average Bonchev–Trinajstić information content (AvgIpc) is 2.85. The fourth-order valence-electron chi connectivity index (χ4n) is 4.11. The van der Waals surface area contributed by atoms with Crippen molar-refractivity contribution in [3.05, 3.63) is 113 Å². The molecule has 3 aromatic carbocycles. The van der Waals surface area contributed by atoms with E-state index in [1.165, 1.54) is 5.56 Å². The molecule has 1 N–H and O–H groups in total. The van der Waals surface area contributed by atoms with Crippen molar-refractivity contribution in [1.82, 2.24) is 10.2 Å². The van der Waals surface area contributed by atoms with Gasteiger partial charge in [-0.2, -0.15) is 0 Å². The Morgan fingerprint density at radius 3 is 2.00 bits per heavy atom. The van der Waals surface area contributed by atoms with Gasteiger partial charge in [0.15, 0.2) is 0 Å². The molecule has 0 spiro atoms. The van der Waals surface area contributed by atoms with Crippen LogP contribution in [0.15, 0.2) is 96.7 Å². The van der Waals surface area contributed by atoms with E-state index < -0.39 is 0 Å². The zero-order chi connectivity index (χ0) is 22.2. The van der Waals surface area contributed by atoms with Crippen molar-refractivity contribution in [3.63, 3.8) is 0 Å². The standard InChI is InChI=1S/C28H28N2O2/c31-27(25-14-8-3-9-15-25)29-26(21-23-12-6-2-7-13-23)28(32)30-18-16-24(17-19-30)20-22-10-4-1-5-11-22/h1-15,21,24H,16-20H2,(H,29,31). The second-order valence-electron chi connectivity index (χ2n) is 8.21. The van der Waals surface area contributed by atoms with Crippen LogP contribution in [0.4, 0.5) is 0 Å². The van der Waals surface area contributed by atoms with E-state index in [4.69, 9.17) is 0 Å². The molecule has 1 aliphatic rings. The number of rotatable bonds is 6. The number of benzene rings is 3. The van der Waals surface area contributed by atoms with Crippen molar-refractivity contribution in [3.8, 4) is 0 Å². The van der Waals surface area contributed by atoms with Crippen molar-refractivity contribution in [2.75, 3.05) is 13.1 Å². The topological polar surface area (TPSA) is 49.4 Å². The maximum atomic E-state index is 13.4. The molecular formula is C28H28N2O2. The second-order valence-corrected chi connectivity index (χ2v) is 8.21. The molecule has 1 saturated heterocycles. The molecule has 0 radical (unpaired) electrons. The summed E-state index contributed by atoms with van der Waals surface area (Å²) in [6, 6.07) is 29.1. The summed E-state index contributed by atoms with van der Waals surface area (Å²) in [5, 5.41) is 2.86. The highest BCUT2D eigenvalue weighted by atomic mass is 16.2. The minimum absolute atomic E-state index is 0.128. The van der Waals surface area contributed by atoms with Crippen LogP contribution in [0.1, 0.15) is 34.3 Å². The second kappa shape index (κ2) is 10.6. The first-order chi connectivity index (χ1) is 15.7. The van der Waals surface area contributed by atoms with Gasteiger partial charge in [-0.1, -0.05) is 78.9 Å².